The Kier molecular flexibility index (Phi) is 4.78. The topological polar surface area (TPSA) is 82.5 Å². The Balaban J connectivity index is 1.50. The van der Waals surface area contributed by atoms with Gasteiger partial charge < -0.3 is 14.8 Å². The molecule has 0 unspecified atom stereocenters. The Morgan fingerprint density at radius 3 is 2.88 bits per heavy atom. The van der Waals surface area contributed by atoms with Crippen LogP contribution in [0.15, 0.2) is 12.3 Å². The number of alkyl carbamates (subject to hydrolysis) is 1. The lowest BCUT2D eigenvalue weighted by molar-refractivity contribution is 0.0813. The summed E-state index contributed by atoms with van der Waals surface area (Å²) in [5.41, 5.74) is 0.758. The average Bonchev–Trinajstić information content (AvgIpc) is 3.14. The third kappa shape index (κ3) is 3.71. The Morgan fingerprint density at radius 1 is 1.42 bits per heavy atom. The third-order valence-electron chi connectivity index (χ3n) is 5.00. The van der Waals surface area contributed by atoms with Crippen molar-refractivity contribution in [2.75, 3.05) is 6.61 Å². The van der Waals surface area contributed by atoms with E-state index in [1.807, 2.05) is 6.07 Å². The van der Waals surface area contributed by atoms with Crippen LogP contribution in [0.5, 0.6) is 0 Å². The molecule has 0 radical (unpaired) electrons. The molecule has 132 valence electrons. The smallest absolute Gasteiger partial charge is 0.434 e. The van der Waals surface area contributed by atoms with Crippen LogP contribution in [-0.2, 0) is 9.47 Å². The molecule has 2 saturated carbocycles. The lowest BCUT2D eigenvalue weighted by Gasteiger charge is -2.38. The van der Waals surface area contributed by atoms with Crippen LogP contribution in [0.3, 0.4) is 0 Å². The number of aromatic nitrogens is 2. The predicted octanol–water partition coefficient (Wildman–Crippen LogP) is 3.19. The van der Waals surface area contributed by atoms with Gasteiger partial charge >= 0.3 is 12.2 Å². The van der Waals surface area contributed by atoms with Crippen LogP contribution >= 0.6 is 0 Å². The molecule has 2 aliphatic carbocycles. The minimum Gasteiger partial charge on any atom is -0.448 e. The Morgan fingerprint density at radius 2 is 2.21 bits per heavy atom. The summed E-state index contributed by atoms with van der Waals surface area (Å²) in [6, 6.07) is 1.83. The summed E-state index contributed by atoms with van der Waals surface area (Å²) in [6.45, 7) is 4.13. The van der Waals surface area contributed by atoms with Crippen LogP contribution in [0.1, 0.15) is 64.0 Å². The first-order valence-electron chi connectivity index (χ1n) is 8.70. The lowest BCUT2D eigenvalue weighted by atomic mass is 9.79. The first kappa shape index (κ1) is 16.8. The average molecular weight is 335 g/mol. The molecule has 7 heteroatoms. The Hall–Kier alpha value is -2.05. The van der Waals surface area contributed by atoms with E-state index in [1.165, 1.54) is 4.68 Å². The second-order valence-electron chi connectivity index (χ2n) is 6.96. The highest BCUT2D eigenvalue weighted by Crippen LogP contribution is 2.36. The van der Waals surface area contributed by atoms with Crippen molar-refractivity contribution in [3.63, 3.8) is 0 Å². The number of amides is 1. The predicted molar refractivity (Wildman–Crippen MR) is 86.9 cm³/mol. The fourth-order valence-corrected chi connectivity index (χ4v) is 3.42. The SMILES string of the molecule is CCOC(=O)n1ccc([C@H]2CC[C@@H](OC(=O)NC3(C)CCC3)C2)n1. The van der Waals surface area contributed by atoms with Gasteiger partial charge in [-0.05, 0) is 58.4 Å². The zero-order valence-corrected chi connectivity index (χ0v) is 14.3. The van der Waals surface area contributed by atoms with Crippen molar-refractivity contribution < 1.29 is 19.1 Å². The molecule has 3 rings (SSSR count). The van der Waals surface area contributed by atoms with E-state index < -0.39 is 6.09 Å². The molecular formula is C17H25N3O4. The van der Waals surface area contributed by atoms with Gasteiger partial charge in [-0.15, -0.1) is 0 Å². The van der Waals surface area contributed by atoms with Gasteiger partial charge in [0.2, 0.25) is 0 Å². The molecule has 2 aliphatic rings. The molecule has 7 nitrogen and oxygen atoms in total. The number of nitrogens with zero attached hydrogens (tertiary/aromatic N) is 2. The van der Waals surface area contributed by atoms with E-state index in [0.717, 1.165) is 44.2 Å². The quantitative estimate of drug-likeness (QED) is 0.913. The fraction of sp³-hybridized carbons (Fsp3) is 0.706. The highest BCUT2D eigenvalue weighted by molar-refractivity contribution is 5.69. The summed E-state index contributed by atoms with van der Waals surface area (Å²) in [5.74, 6) is 0.206. The molecule has 0 bridgehead atoms. The summed E-state index contributed by atoms with van der Waals surface area (Å²) in [7, 11) is 0. The standard InChI is InChI=1S/C17H25N3O4/c1-3-23-16(22)20-10-7-14(19-20)12-5-6-13(11-12)24-15(21)18-17(2)8-4-9-17/h7,10,12-13H,3-6,8-9,11H2,1-2H3,(H,18,21)/t12-,13+/m0/s1. The second kappa shape index (κ2) is 6.83. The van der Waals surface area contributed by atoms with E-state index in [9.17, 15) is 9.59 Å². The van der Waals surface area contributed by atoms with E-state index in [0.29, 0.717) is 6.61 Å². The molecular weight excluding hydrogens is 310 g/mol. The van der Waals surface area contributed by atoms with Gasteiger partial charge in [0.05, 0.1) is 12.3 Å². The van der Waals surface area contributed by atoms with Gasteiger partial charge in [-0.1, -0.05) is 0 Å². The van der Waals surface area contributed by atoms with Gasteiger partial charge in [0.15, 0.2) is 0 Å². The molecule has 1 heterocycles. The first-order valence-corrected chi connectivity index (χ1v) is 8.70. The highest BCUT2D eigenvalue weighted by atomic mass is 16.6. The van der Waals surface area contributed by atoms with Crippen molar-refractivity contribution in [1.29, 1.82) is 0 Å². The third-order valence-corrected chi connectivity index (χ3v) is 5.00. The zero-order valence-electron chi connectivity index (χ0n) is 14.3. The molecule has 2 fully saturated rings. The maximum atomic E-state index is 12.0. The summed E-state index contributed by atoms with van der Waals surface area (Å²) in [4.78, 5) is 23.7. The zero-order chi connectivity index (χ0) is 17.2. The van der Waals surface area contributed by atoms with Crippen LogP contribution in [0, 0.1) is 0 Å². The molecule has 2 atom stereocenters. The van der Waals surface area contributed by atoms with Crippen molar-refractivity contribution >= 4 is 12.2 Å². The number of hydrogen-bond acceptors (Lipinski definition) is 5. The van der Waals surface area contributed by atoms with E-state index in [4.69, 9.17) is 9.47 Å². The van der Waals surface area contributed by atoms with Crippen molar-refractivity contribution in [2.24, 2.45) is 0 Å². The molecule has 0 aromatic carbocycles. The van der Waals surface area contributed by atoms with Gasteiger partial charge in [-0.25, -0.2) is 9.59 Å². The maximum absolute atomic E-state index is 12.0. The van der Waals surface area contributed by atoms with E-state index >= 15 is 0 Å². The molecule has 1 aromatic heterocycles. The molecule has 1 N–H and O–H groups in total. The fourth-order valence-electron chi connectivity index (χ4n) is 3.42. The van der Waals surface area contributed by atoms with Crippen LogP contribution in [-0.4, -0.2) is 40.2 Å². The number of hydrogen-bond donors (Lipinski definition) is 1. The van der Waals surface area contributed by atoms with Crippen LogP contribution in [0.25, 0.3) is 0 Å². The van der Waals surface area contributed by atoms with Crippen LogP contribution < -0.4 is 5.32 Å². The van der Waals surface area contributed by atoms with Crippen LogP contribution in [0.4, 0.5) is 9.59 Å². The summed E-state index contributed by atoms with van der Waals surface area (Å²) in [5, 5.41) is 7.26. The number of carbonyl (C=O) groups is 2. The number of carbonyl (C=O) groups excluding carboxylic acids is 2. The molecule has 24 heavy (non-hydrogen) atoms. The largest absolute Gasteiger partial charge is 0.448 e. The molecule has 1 aromatic rings. The summed E-state index contributed by atoms with van der Waals surface area (Å²) in [6.07, 6.45) is 6.38. The van der Waals surface area contributed by atoms with Gasteiger partial charge in [-0.2, -0.15) is 9.78 Å². The van der Waals surface area contributed by atoms with Gasteiger partial charge in [0.25, 0.3) is 0 Å². The summed E-state index contributed by atoms with van der Waals surface area (Å²) >= 11 is 0. The van der Waals surface area contributed by atoms with Crippen molar-refractivity contribution in [3.05, 3.63) is 18.0 Å². The van der Waals surface area contributed by atoms with E-state index in [2.05, 4.69) is 17.3 Å². The highest BCUT2D eigenvalue weighted by Gasteiger charge is 2.36. The Labute approximate surface area is 141 Å². The van der Waals surface area contributed by atoms with E-state index in [1.54, 1.807) is 13.1 Å². The Bertz CT molecular complexity index is 609. The minimum atomic E-state index is -0.470. The first-order chi connectivity index (χ1) is 11.5. The molecule has 0 aliphatic heterocycles. The van der Waals surface area contributed by atoms with Gasteiger partial charge in [0.1, 0.15) is 6.10 Å². The molecule has 0 saturated heterocycles. The van der Waals surface area contributed by atoms with Gasteiger partial charge in [0, 0.05) is 17.7 Å². The lowest BCUT2D eigenvalue weighted by Crippen LogP contribution is -2.51. The monoisotopic (exact) mass is 335 g/mol. The summed E-state index contributed by atoms with van der Waals surface area (Å²) < 4.78 is 11.7. The minimum absolute atomic E-state index is 0.0898. The van der Waals surface area contributed by atoms with Crippen molar-refractivity contribution in [1.82, 2.24) is 15.1 Å². The van der Waals surface area contributed by atoms with E-state index in [-0.39, 0.29) is 23.7 Å². The van der Waals surface area contributed by atoms with Crippen molar-refractivity contribution in [3.8, 4) is 0 Å². The number of rotatable bonds is 4. The van der Waals surface area contributed by atoms with Gasteiger partial charge in [-0.3, -0.25) is 0 Å². The number of nitrogens with one attached hydrogen (secondary N) is 1. The van der Waals surface area contributed by atoms with Crippen LogP contribution in [0.2, 0.25) is 0 Å². The maximum Gasteiger partial charge on any atom is 0.434 e. The second-order valence-corrected chi connectivity index (χ2v) is 6.96. The van der Waals surface area contributed by atoms with Crippen molar-refractivity contribution in [2.45, 2.75) is 69.9 Å². The number of ether oxygens (including phenoxy) is 2. The molecule has 1 amide bonds. The normalized spacial score (nSPS) is 24.9. The molecule has 0 spiro atoms.